The first kappa shape index (κ1) is 20.2. The third-order valence-electron chi connectivity index (χ3n) is 5.21. The number of methoxy groups -OCH3 is 1. The summed E-state index contributed by atoms with van der Waals surface area (Å²) in [6.45, 7) is 4.80. The van der Waals surface area contributed by atoms with Crippen molar-refractivity contribution in [2.45, 2.75) is 32.2 Å². The van der Waals surface area contributed by atoms with E-state index in [0.29, 0.717) is 18.0 Å². The molecule has 0 saturated carbocycles. The van der Waals surface area contributed by atoms with E-state index in [9.17, 15) is 4.79 Å². The van der Waals surface area contributed by atoms with Gasteiger partial charge in [-0.2, -0.15) is 0 Å². The summed E-state index contributed by atoms with van der Waals surface area (Å²) in [6, 6.07) is 16.2. The van der Waals surface area contributed by atoms with Gasteiger partial charge in [0.1, 0.15) is 0 Å². The number of para-hydroxylation sites is 2. The molecule has 1 N–H and O–H groups in total. The fourth-order valence-electron chi connectivity index (χ4n) is 3.62. The van der Waals surface area contributed by atoms with E-state index in [4.69, 9.17) is 9.47 Å². The van der Waals surface area contributed by atoms with Gasteiger partial charge >= 0.3 is 0 Å². The van der Waals surface area contributed by atoms with Crippen molar-refractivity contribution in [1.29, 1.82) is 0 Å². The first-order valence-corrected chi connectivity index (χ1v) is 10.0. The number of piperidine rings is 1. The summed E-state index contributed by atoms with van der Waals surface area (Å²) < 4.78 is 10.9. The molecule has 0 aromatic heterocycles. The Hall–Kier alpha value is -2.53. The molecular formula is C23H30N2O3. The number of ether oxygens (including phenoxy) is 2. The second kappa shape index (κ2) is 10.1. The lowest BCUT2D eigenvalue weighted by Gasteiger charge is -2.35. The number of nitrogens with one attached hydrogen (secondary N) is 1. The van der Waals surface area contributed by atoms with Crippen LogP contribution in [0.4, 0.5) is 0 Å². The molecule has 1 aliphatic heterocycles. The Morgan fingerprint density at radius 2 is 1.71 bits per heavy atom. The van der Waals surface area contributed by atoms with Crippen LogP contribution in [0.2, 0.25) is 0 Å². The summed E-state index contributed by atoms with van der Waals surface area (Å²) in [4.78, 5) is 14.9. The van der Waals surface area contributed by atoms with Crippen LogP contribution in [0.15, 0.2) is 48.5 Å². The second-order valence-electron chi connectivity index (χ2n) is 7.27. The molecule has 0 aliphatic carbocycles. The van der Waals surface area contributed by atoms with Crippen LogP contribution in [0.3, 0.4) is 0 Å². The summed E-state index contributed by atoms with van der Waals surface area (Å²) in [5, 5.41) is 3.05. The molecule has 28 heavy (non-hydrogen) atoms. The standard InChI is InChI=1S/C23H30N2O3/c1-18-10-12-19(13-11-18)20(25-14-6-3-7-15-25)16-24-23(26)17-28-22-9-5-4-8-21(22)27-2/h4-5,8-13,20H,3,6-7,14-17H2,1-2H3,(H,24,26)/t20-/m1/s1. The maximum atomic E-state index is 12.4. The monoisotopic (exact) mass is 382 g/mol. The summed E-state index contributed by atoms with van der Waals surface area (Å²) in [5.41, 5.74) is 2.49. The molecule has 0 bridgehead atoms. The molecule has 0 unspecified atom stereocenters. The molecule has 2 aromatic rings. The van der Waals surface area contributed by atoms with Crippen molar-refractivity contribution in [3.05, 3.63) is 59.7 Å². The predicted molar refractivity (Wildman–Crippen MR) is 111 cm³/mol. The molecule has 1 fully saturated rings. The molecule has 5 heteroatoms. The van der Waals surface area contributed by atoms with E-state index >= 15 is 0 Å². The Morgan fingerprint density at radius 1 is 1.04 bits per heavy atom. The first-order valence-electron chi connectivity index (χ1n) is 10.0. The van der Waals surface area contributed by atoms with E-state index in [0.717, 1.165) is 13.1 Å². The highest BCUT2D eigenvalue weighted by molar-refractivity contribution is 5.77. The zero-order valence-electron chi connectivity index (χ0n) is 16.8. The molecule has 1 saturated heterocycles. The average Bonchev–Trinajstić information content (AvgIpc) is 2.74. The zero-order chi connectivity index (χ0) is 19.8. The van der Waals surface area contributed by atoms with Gasteiger partial charge in [0.2, 0.25) is 0 Å². The van der Waals surface area contributed by atoms with Crippen LogP contribution in [0.5, 0.6) is 11.5 Å². The first-order chi connectivity index (χ1) is 13.7. The predicted octanol–water partition coefficient (Wildman–Crippen LogP) is 3.73. The summed E-state index contributed by atoms with van der Waals surface area (Å²) >= 11 is 0. The number of rotatable bonds is 8. The zero-order valence-corrected chi connectivity index (χ0v) is 16.8. The van der Waals surface area contributed by atoms with Gasteiger partial charge in [0.15, 0.2) is 18.1 Å². The molecular weight excluding hydrogens is 352 g/mol. The molecule has 1 heterocycles. The average molecular weight is 383 g/mol. The van der Waals surface area contributed by atoms with Gasteiger partial charge in [0, 0.05) is 6.54 Å². The second-order valence-corrected chi connectivity index (χ2v) is 7.27. The number of likely N-dealkylation sites (tertiary alicyclic amines) is 1. The van der Waals surface area contributed by atoms with E-state index in [-0.39, 0.29) is 18.6 Å². The SMILES string of the molecule is COc1ccccc1OCC(=O)NC[C@H](c1ccc(C)cc1)N1CCCCC1. The molecule has 0 spiro atoms. The molecule has 150 valence electrons. The minimum absolute atomic E-state index is 0.0268. The Bertz CT molecular complexity index is 755. The Labute approximate surface area is 167 Å². The largest absolute Gasteiger partial charge is 0.493 e. The van der Waals surface area contributed by atoms with Crippen LogP contribution < -0.4 is 14.8 Å². The fraction of sp³-hybridized carbons (Fsp3) is 0.435. The lowest BCUT2D eigenvalue weighted by molar-refractivity contribution is -0.123. The van der Waals surface area contributed by atoms with Crippen LogP contribution in [-0.2, 0) is 4.79 Å². The van der Waals surface area contributed by atoms with Crippen molar-refractivity contribution in [1.82, 2.24) is 10.2 Å². The van der Waals surface area contributed by atoms with Crippen molar-refractivity contribution < 1.29 is 14.3 Å². The van der Waals surface area contributed by atoms with Gasteiger partial charge in [-0.3, -0.25) is 9.69 Å². The lowest BCUT2D eigenvalue weighted by Crippen LogP contribution is -2.41. The molecule has 1 amide bonds. The summed E-state index contributed by atoms with van der Waals surface area (Å²) in [6.07, 6.45) is 3.72. The number of hydrogen-bond acceptors (Lipinski definition) is 4. The fourth-order valence-corrected chi connectivity index (χ4v) is 3.62. The van der Waals surface area contributed by atoms with Crippen molar-refractivity contribution in [2.75, 3.05) is 33.4 Å². The maximum Gasteiger partial charge on any atom is 0.258 e. The van der Waals surface area contributed by atoms with Crippen LogP contribution in [0.25, 0.3) is 0 Å². The van der Waals surface area contributed by atoms with E-state index < -0.39 is 0 Å². The molecule has 1 atom stereocenters. The van der Waals surface area contributed by atoms with Crippen LogP contribution in [0, 0.1) is 6.92 Å². The van der Waals surface area contributed by atoms with Crippen LogP contribution in [0.1, 0.15) is 36.4 Å². The quantitative estimate of drug-likeness (QED) is 0.756. The molecule has 3 rings (SSSR count). The topological polar surface area (TPSA) is 50.8 Å². The Kier molecular flexibility index (Phi) is 7.31. The highest BCUT2D eigenvalue weighted by atomic mass is 16.5. The number of amides is 1. The third-order valence-corrected chi connectivity index (χ3v) is 5.21. The highest BCUT2D eigenvalue weighted by Crippen LogP contribution is 2.26. The third kappa shape index (κ3) is 5.49. The number of aryl methyl sites for hydroxylation is 1. The summed E-state index contributed by atoms with van der Waals surface area (Å²) in [7, 11) is 1.59. The molecule has 0 radical (unpaired) electrons. The normalized spacial score (nSPS) is 15.6. The van der Waals surface area contributed by atoms with Crippen LogP contribution >= 0.6 is 0 Å². The van der Waals surface area contributed by atoms with E-state index in [1.165, 1.54) is 30.4 Å². The Morgan fingerprint density at radius 3 is 2.39 bits per heavy atom. The van der Waals surface area contributed by atoms with Gasteiger partial charge in [-0.05, 0) is 50.6 Å². The number of hydrogen-bond donors (Lipinski definition) is 1. The maximum absolute atomic E-state index is 12.4. The number of carbonyl (C=O) groups excluding carboxylic acids is 1. The van der Waals surface area contributed by atoms with Crippen LogP contribution in [-0.4, -0.2) is 44.2 Å². The number of nitrogens with zero attached hydrogens (tertiary/aromatic N) is 1. The van der Waals surface area contributed by atoms with E-state index in [1.54, 1.807) is 13.2 Å². The van der Waals surface area contributed by atoms with Crippen molar-refractivity contribution >= 4 is 5.91 Å². The van der Waals surface area contributed by atoms with E-state index in [1.807, 2.05) is 18.2 Å². The van der Waals surface area contributed by atoms with Gasteiger partial charge in [0.25, 0.3) is 5.91 Å². The molecule has 2 aromatic carbocycles. The minimum atomic E-state index is -0.125. The smallest absolute Gasteiger partial charge is 0.258 e. The van der Waals surface area contributed by atoms with Gasteiger partial charge in [0.05, 0.1) is 13.2 Å². The highest BCUT2D eigenvalue weighted by Gasteiger charge is 2.23. The Balaban J connectivity index is 1.59. The minimum Gasteiger partial charge on any atom is -0.493 e. The van der Waals surface area contributed by atoms with E-state index in [2.05, 4.69) is 41.4 Å². The van der Waals surface area contributed by atoms with Gasteiger partial charge in [-0.15, -0.1) is 0 Å². The number of carbonyl (C=O) groups is 1. The summed E-state index contributed by atoms with van der Waals surface area (Å²) in [5.74, 6) is 1.08. The molecule has 1 aliphatic rings. The van der Waals surface area contributed by atoms with Crippen molar-refractivity contribution in [2.24, 2.45) is 0 Å². The van der Waals surface area contributed by atoms with Crippen molar-refractivity contribution in [3.63, 3.8) is 0 Å². The molecule has 5 nitrogen and oxygen atoms in total. The number of benzene rings is 2. The van der Waals surface area contributed by atoms with Gasteiger partial charge in [-0.1, -0.05) is 48.4 Å². The van der Waals surface area contributed by atoms with Gasteiger partial charge in [-0.25, -0.2) is 0 Å². The van der Waals surface area contributed by atoms with Crippen molar-refractivity contribution in [3.8, 4) is 11.5 Å². The van der Waals surface area contributed by atoms with Gasteiger partial charge < -0.3 is 14.8 Å². The lowest BCUT2D eigenvalue weighted by atomic mass is 10.0.